The maximum absolute atomic E-state index is 12.7. The van der Waals surface area contributed by atoms with Gasteiger partial charge in [-0.2, -0.15) is 0 Å². The summed E-state index contributed by atoms with van der Waals surface area (Å²) in [6.45, 7) is 0.326. The van der Waals surface area contributed by atoms with Gasteiger partial charge in [-0.1, -0.05) is 12.1 Å². The first-order chi connectivity index (χ1) is 13.5. The number of hydrogen-bond donors (Lipinski definition) is 2. The Labute approximate surface area is 163 Å². The molecule has 0 saturated heterocycles. The molecule has 3 N–H and O–H groups in total. The van der Waals surface area contributed by atoms with Crippen LogP contribution < -0.4 is 15.8 Å². The SMILES string of the molecule is COc1ccc(S(=O)(=O)c2ccc(CN=C(N)Nc3ccncc3)cc2)cc1. The molecule has 0 unspecified atom stereocenters. The molecule has 144 valence electrons. The molecular weight excluding hydrogens is 376 g/mol. The zero-order valence-electron chi connectivity index (χ0n) is 15.2. The Morgan fingerprint density at radius 3 is 2.14 bits per heavy atom. The topological polar surface area (TPSA) is 107 Å². The first-order valence-corrected chi connectivity index (χ1v) is 9.92. The standard InChI is InChI=1S/C20H20N4O3S/c1-27-17-4-8-19(9-5-17)28(25,26)18-6-2-15(3-7-18)14-23-20(21)24-16-10-12-22-13-11-16/h2-13H,14H2,1H3,(H3,21,22,23,24). The minimum atomic E-state index is -3.59. The second-order valence-electron chi connectivity index (χ2n) is 5.89. The van der Waals surface area contributed by atoms with E-state index in [4.69, 9.17) is 10.5 Å². The molecule has 0 bridgehead atoms. The molecule has 0 saturated carbocycles. The molecule has 3 aromatic rings. The van der Waals surface area contributed by atoms with Gasteiger partial charge in [-0.3, -0.25) is 4.98 Å². The van der Waals surface area contributed by atoms with Crippen LogP contribution in [0.15, 0.2) is 87.8 Å². The number of rotatable bonds is 6. The van der Waals surface area contributed by atoms with Crippen LogP contribution in [0.4, 0.5) is 5.69 Å². The van der Waals surface area contributed by atoms with Crippen molar-refractivity contribution < 1.29 is 13.2 Å². The summed E-state index contributed by atoms with van der Waals surface area (Å²) in [5, 5.41) is 2.96. The number of anilines is 1. The van der Waals surface area contributed by atoms with E-state index in [1.54, 1.807) is 60.9 Å². The molecule has 2 aromatic carbocycles. The van der Waals surface area contributed by atoms with Crippen molar-refractivity contribution in [2.75, 3.05) is 12.4 Å². The third-order valence-corrected chi connectivity index (χ3v) is 5.77. The third-order valence-electron chi connectivity index (χ3n) is 3.99. The van der Waals surface area contributed by atoms with Gasteiger partial charge in [0.2, 0.25) is 9.84 Å². The van der Waals surface area contributed by atoms with E-state index in [2.05, 4.69) is 15.3 Å². The summed E-state index contributed by atoms with van der Waals surface area (Å²) in [7, 11) is -2.06. The highest BCUT2D eigenvalue weighted by Crippen LogP contribution is 2.23. The summed E-state index contributed by atoms with van der Waals surface area (Å²) in [4.78, 5) is 8.62. The fraction of sp³-hybridized carbons (Fsp3) is 0.100. The van der Waals surface area contributed by atoms with Gasteiger partial charge in [-0.15, -0.1) is 0 Å². The minimum Gasteiger partial charge on any atom is -0.497 e. The molecule has 0 aliphatic rings. The Bertz CT molecular complexity index is 1050. The van der Waals surface area contributed by atoms with Crippen molar-refractivity contribution in [3.8, 4) is 5.75 Å². The summed E-state index contributed by atoms with van der Waals surface area (Å²) >= 11 is 0. The number of ether oxygens (including phenoxy) is 1. The molecule has 0 aliphatic carbocycles. The van der Waals surface area contributed by atoms with Gasteiger partial charge >= 0.3 is 0 Å². The second kappa shape index (κ2) is 8.53. The average molecular weight is 396 g/mol. The Morgan fingerprint density at radius 2 is 1.57 bits per heavy atom. The summed E-state index contributed by atoms with van der Waals surface area (Å²) in [5.41, 5.74) is 7.49. The van der Waals surface area contributed by atoms with Gasteiger partial charge in [0.1, 0.15) is 5.75 Å². The highest BCUT2D eigenvalue weighted by Gasteiger charge is 2.17. The second-order valence-corrected chi connectivity index (χ2v) is 7.83. The lowest BCUT2D eigenvalue weighted by atomic mass is 10.2. The molecule has 1 heterocycles. The van der Waals surface area contributed by atoms with Crippen molar-refractivity contribution in [2.24, 2.45) is 10.7 Å². The average Bonchev–Trinajstić information content (AvgIpc) is 2.73. The lowest BCUT2D eigenvalue weighted by Gasteiger charge is -2.07. The van der Waals surface area contributed by atoms with E-state index in [0.717, 1.165) is 11.3 Å². The number of pyridine rings is 1. The van der Waals surface area contributed by atoms with Gasteiger partial charge in [-0.25, -0.2) is 13.4 Å². The molecule has 0 fully saturated rings. The Kier molecular flexibility index (Phi) is 5.90. The summed E-state index contributed by atoms with van der Waals surface area (Å²) in [5.74, 6) is 0.867. The van der Waals surface area contributed by atoms with E-state index >= 15 is 0 Å². The van der Waals surface area contributed by atoms with Crippen molar-refractivity contribution in [3.63, 3.8) is 0 Å². The fourth-order valence-electron chi connectivity index (χ4n) is 2.46. The first-order valence-electron chi connectivity index (χ1n) is 8.44. The molecular formula is C20H20N4O3S. The molecule has 28 heavy (non-hydrogen) atoms. The smallest absolute Gasteiger partial charge is 0.206 e. The van der Waals surface area contributed by atoms with Crippen molar-refractivity contribution >= 4 is 21.5 Å². The van der Waals surface area contributed by atoms with Gasteiger partial charge in [0.15, 0.2) is 5.96 Å². The maximum Gasteiger partial charge on any atom is 0.206 e. The lowest BCUT2D eigenvalue weighted by molar-refractivity contribution is 0.414. The third kappa shape index (κ3) is 4.66. The van der Waals surface area contributed by atoms with Crippen LogP contribution in [0.5, 0.6) is 5.75 Å². The Morgan fingerprint density at radius 1 is 1.00 bits per heavy atom. The van der Waals surface area contributed by atoms with E-state index in [1.165, 1.54) is 19.2 Å². The van der Waals surface area contributed by atoms with Crippen molar-refractivity contribution in [1.82, 2.24) is 4.98 Å². The highest BCUT2D eigenvalue weighted by atomic mass is 32.2. The number of benzene rings is 2. The van der Waals surface area contributed by atoms with Gasteiger partial charge < -0.3 is 15.8 Å². The van der Waals surface area contributed by atoms with Crippen molar-refractivity contribution in [1.29, 1.82) is 0 Å². The molecule has 3 rings (SSSR count). The van der Waals surface area contributed by atoms with Crippen LogP contribution in [0.1, 0.15) is 5.56 Å². The number of nitrogens with zero attached hydrogens (tertiary/aromatic N) is 2. The van der Waals surface area contributed by atoms with Crippen molar-refractivity contribution in [3.05, 3.63) is 78.6 Å². The van der Waals surface area contributed by atoms with Gasteiger partial charge in [0, 0.05) is 18.1 Å². The highest BCUT2D eigenvalue weighted by molar-refractivity contribution is 7.91. The summed E-state index contributed by atoms with van der Waals surface area (Å²) in [6.07, 6.45) is 3.30. The molecule has 0 radical (unpaired) electrons. The fourth-order valence-corrected chi connectivity index (χ4v) is 3.73. The van der Waals surface area contributed by atoms with Crippen molar-refractivity contribution in [2.45, 2.75) is 16.3 Å². The lowest BCUT2D eigenvalue weighted by Crippen LogP contribution is -2.22. The first kappa shape index (κ1) is 19.4. The number of aromatic nitrogens is 1. The Hall–Kier alpha value is -3.39. The number of aliphatic imine (C=N–C) groups is 1. The van der Waals surface area contributed by atoms with Crippen LogP contribution in [-0.4, -0.2) is 26.5 Å². The van der Waals surface area contributed by atoms with Crippen LogP contribution >= 0.6 is 0 Å². The van der Waals surface area contributed by atoms with E-state index in [0.29, 0.717) is 12.3 Å². The molecule has 0 atom stereocenters. The van der Waals surface area contributed by atoms with E-state index in [9.17, 15) is 8.42 Å². The van der Waals surface area contributed by atoms with E-state index < -0.39 is 9.84 Å². The van der Waals surface area contributed by atoms with Crippen LogP contribution in [0.2, 0.25) is 0 Å². The molecule has 0 spiro atoms. The van der Waals surface area contributed by atoms with E-state index in [-0.39, 0.29) is 15.8 Å². The predicted octanol–water partition coefficient (Wildman–Crippen LogP) is 2.85. The maximum atomic E-state index is 12.7. The van der Waals surface area contributed by atoms with Gasteiger partial charge in [0.25, 0.3) is 0 Å². The molecule has 1 aromatic heterocycles. The Balaban J connectivity index is 1.69. The quantitative estimate of drug-likeness (QED) is 0.490. The van der Waals surface area contributed by atoms with Gasteiger partial charge in [-0.05, 0) is 54.1 Å². The monoisotopic (exact) mass is 396 g/mol. The van der Waals surface area contributed by atoms with Crippen LogP contribution in [0, 0.1) is 0 Å². The zero-order chi connectivity index (χ0) is 20.0. The summed E-state index contributed by atoms with van der Waals surface area (Å²) in [6, 6.07) is 16.4. The number of nitrogens with two attached hydrogens (primary N) is 1. The minimum absolute atomic E-state index is 0.213. The molecule has 8 heteroatoms. The van der Waals surface area contributed by atoms with Crippen LogP contribution in [0.3, 0.4) is 0 Å². The molecule has 0 aliphatic heterocycles. The zero-order valence-corrected chi connectivity index (χ0v) is 16.1. The largest absolute Gasteiger partial charge is 0.497 e. The number of sulfone groups is 1. The number of nitrogens with one attached hydrogen (secondary N) is 1. The number of guanidine groups is 1. The molecule has 7 nitrogen and oxygen atoms in total. The van der Waals surface area contributed by atoms with Crippen LogP contribution in [0.25, 0.3) is 0 Å². The summed E-state index contributed by atoms with van der Waals surface area (Å²) < 4.78 is 30.5. The molecule has 0 amide bonds. The number of hydrogen-bond acceptors (Lipinski definition) is 5. The van der Waals surface area contributed by atoms with E-state index in [1.807, 2.05) is 0 Å². The normalized spacial score (nSPS) is 11.8. The van der Waals surface area contributed by atoms with Crippen LogP contribution in [-0.2, 0) is 16.4 Å². The predicted molar refractivity (Wildman–Crippen MR) is 108 cm³/mol. The number of methoxy groups -OCH3 is 1. The van der Waals surface area contributed by atoms with Gasteiger partial charge in [0.05, 0.1) is 23.4 Å².